The Morgan fingerprint density at radius 3 is 2.04 bits per heavy atom. The van der Waals surface area contributed by atoms with Gasteiger partial charge < -0.3 is 24.2 Å². The largest absolute Gasteiger partial charge is 0.394 e. The zero-order valence-corrected chi connectivity index (χ0v) is 19.0. The molecule has 0 aliphatic carbocycles. The van der Waals surface area contributed by atoms with E-state index >= 15 is 0 Å². The average Bonchev–Trinajstić information content (AvgIpc) is 2.65. The molecule has 7 heteroatoms. The summed E-state index contributed by atoms with van der Waals surface area (Å²) in [5, 5.41) is 9.16. The Morgan fingerprint density at radius 2 is 1.43 bits per heavy atom. The Kier molecular flexibility index (Phi) is 19.7. The molecule has 5 nitrogen and oxygen atoms in total. The summed E-state index contributed by atoms with van der Waals surface area (Å²) in [6.45, 7) is -1.33. The van der Waals surface area contributed by atoms with Crippen LogP contribution in [-0.4, -0.2) is 40.8 Å². The first kappa shape index (κ1) is 27.7. The van der Waals surface area contributed by atoms with E-state index in [1.807, 2.05) is 0 Å². The van der Waals surface area contributed by atoms with Crippen molar-refractivity contribution in [3.8, 4) is 0 Å². The minimum absolute atomic E-state index is 0.0972. The summed E-state index contributed by atoms with van der Waals surface area (Å²) in [4.78, 5) is 18.0. The lowest BCUT2D eigenvalue weighted by Gasteiger charge is -2.17. The molecule has 1 atom stereocenters. The van der Waals surface area contributed by atoms with Crippen LogP contribution in [0, 0.1) is 0 Å². The molecule has 0 heterocycles. The second-order valence-electron chi connectivity index (χ2n) is 6.67. The van der Waals surface area contributed by atoms with Crippen LogP contribution in [0.5, 0.6) is 0 Å². The van der Waals surface area contributed by atoms with Crippen LogP contribution in [0.15, 0.2) is 36.5 Å². The van der Waals surface area contributed by atoms with Crippen LogP contribution in [0.1, 0.15) is 71.1 Å². The lowest BCUT2D eigenvalue weighted by atomic mass is 10.1. The molecule has 0 aromatic heterocycles. The van der Waals surface area contributed by atoms with Gasteiger partial charge in [0.25, 0.3) is 0 Å². The molecule has 0 aliphatic heterocycles. The zero-order valence-electron chi connectivity index (χ0n) is 17.2. The highest BCUT2D eigenvalue weighted by Crippen LogP contribution is 2.36. The van der Waals surface area contributed by atoms with Crippen molar-refractivity contribution in [1.82, 2.24) is 0 Å². The Bertz CT molecular complexity index is 473. The number of hydrogen-bond acceptors (Lipinski definition) is 4. The Labute approximate surface area is 176 Å². The zero-order chi connectivity index (χ0) is 20.9. The van der Waals surface area contributed by atoms with Gasteiger partial charge in [0.1, 0.15) is 6.10 Å². The summed E-state index contributed by atoms with van der Waals surface area (Å²) in [7, 11) is 0. The van der Waals surface area contributed by atoms with E-state index in [9.17, 15) is 0 Å². The van der Waals surface area contributed by atoms with E-state index in [0.29, 0.717) is 6.61 Å². The van der Waals surface area contributed by atoms with Crippen LogP contribution in [0.4, 0.5) is 0 Å². The van der Waals surface area contributed by atoms with Crippen LogP contribution in [-0.2, 0) is 21.1 Å². The summed E-state index contributed by atoms with van der Waals surface area (Å²) in [6, 6.07) is 0. The highest BCUT2D eigenvalue weighted by atomic mass is 32.5. The van der Waals surface area contributed by atoms with E-state index < -0.39 is 12.8 Å². The van der Waals surface area contributed by atoms with Gasteiger partial charge in [-0.25, -0.2) is 0 Å². The van der Waals surface area contributed by atoms with E-state index in [0.717, 1.165) is 38.5 Å². The van der Waals surface area contributed by atoms with Gasteiger partial charge in [0.05, 0.1) is 13.2 Å². The molecule has 0 rings (SSSR count). The van der Waals surface area contributed by atoms with Crippen molar-refractivity contribution in [2.45, 2.75) is 77.2 Å². The van der Waals surface area contributed by atoms with Gasteiger partial charge >= 0.3 is 6.72 Å². The third-order valence-electron chi connectivity index (χ3n) is 4.03. The molecule has 0 amide bonds. The van der Waals surface area contributed by atoms with Gasteiger partial charge in [-0.1, -0.05) is 69.1 Å². The van der Waals surface area contributed by atoms with Crippen LogP contribution in [0.25, 0.3) is 0 Å². The summed E-state index contributed by atoms with van der Waals surface area (Å²) in [5.41, 5.74) is 0. The molecule has 0 aromatic rings. The van der Waals surface area contributed by atoms with E-state index in [1.54, 1.807) is 0 Å². The minimum atomic E-state index is -3.68. The van der Waals surface area contributed by atoms with Gasteiger partial charge in [0, 0.05) is 6.61 Å². The topological polar surface area (TPSA) is 79.2 Å². The monoisotopic (exact) mass is 434 g/mol. The van der Waals surface area contributed by atoms with E-state index in [1.165, 1.54) is 25.7 Å². The molecular weight excluding hydrogens is 395 g/mol. The van der Waals surface area contributed by atoms with Gasteiger partial charge in [-0.05, 0) is 50.3 Å². The van der Waals surface area contributed by atoms with Crippen LogP contribution < -0.4 is 0 Å². The van der Waals surface area contributed by atoms with E-state index in [-0.39, 0.29) is 13.2 Å². The second kappa shape index (κ2) is 20.0. The first-order valence-electron chi connectivity index (χ1n) is 10.4. The summed E-state index contributed by atoms with van der Waals surface area (Å²) in [5.74, 6) is 0. The highest BCUT2D eigenvalue weighted by Gasteiger charge is 2.14. The molecule has 28 heavy (non-hydrogen) atoms. The second-order valence-corrected chi connectivity index (χ2v) is 9.33. The van der Waals surface area contributed by atoms with Crippen molar-refractivity contribution in [2.75, 3.05) is 19.8 Å². The maximum Gasteiger partial charge on any atom is 0.321 e. The summed E-state index contributed by atoms with van der Waals surface area (Å²) < 4.78 is 10.2. The smallest absolute Gasteiger partial charge is 0.321 e. The third-order valence-corrected chi connectivity index (χ3v) is 4.83. The molecule has 0 bridgehead atoms. The highest BCUT2D eigenvalue weighted by molar-refractivity contribution is 8.06. The van der Waals surface area contributed by atoms with Gasteiger partial charge in [-0.3, -0.25) is 0 Å². The number of rotatable bonds is 19. The minimum Gasteiger partial charge on any atom is -0.394 e. The molecule has 3 N–H and O–H groups in total. The van der Waals surface area contributed by atoms with Gasteiger partial charge in [0.15, 0.2) is 0 Å². The molecular formula is C21H39O5PS. The predicted molar refractivity (Wildman–Crippen MR) is 121 cm³/mol. The molecule has 0 radical (unpaired) electrons. The number of unbranched alkanes of at least 4 members (excludes halogenated alkanes) is 6. The Hall–Kier alpha value is -0.330. The standard InChI is InChI=1S/C21H39O5PS/c1-2-3-4-5-6-7-8-9-10-11-12-13-14-15-16-17-18-25-21(19-22)20-26-27(23,24)28/h3-4,6-7,9-10,21-22H,2,5,8,11-20H2,1H3,(H2,23,24,28)/b4-3-,7-6-,10-9-. The molecule has 164 valence electrons. The maximum absolute atomic E-state index is 9.16. The number of aliphatic hydroxyl groups excluding tert-OH is 1. The first-order valence-corrected chi connectivity index (χ1v) is 13.0. The Morgan fingerprint density at radius 1 is 0.857 bits per heavy atom. The van der Waals surface area contributed by atoms with Gasteiger partial charge in [0.2, 0.25) is 0 Å². The predicted octanol–water partition coefficient (Wildman–Crippen LogP) is 5.18. The summed E-state index contributed by atoms with van der Waals surface area (Å²) >= 11 is 4.36. The van der Waals surface area contributed by atoms with Gasteiger partial charge in [-0.2, -0.15) is 0 Å². The fraction of sp³-hybridized carbons (Fsp3) is 0.714. The molecule has 1 unspecified atom stereocenters. The number of hydrogen-bond donors (Lipinski definition) is 3. The van der Waals surface area contributed by atoms with Crippen LogP contribution >= 0.6 is 6.72 Å². The summed E-state index contributed by atoms with van der Waals surface area (Å²) in [6.07, 6.45) is 24.0. The molecule has 0 saturated heterocycles. The van der Waals surface area contributed by atoms with Crippen LogP contribution in [0.3, 0.4) is 0 Å². The molecule has 0 aliphatic rings. The number of aliphatic hydroxyl groups is 1. The molecule has 0 fully saturated rings. The van der Waals surface area contributed by atoms with E-state index in [4.69, 9.17) is 24.2 Å². The average molecular weight is 435 g/mol. The number of allylic oxidation sites excluding steroid dienone is 6. The number of ether oxygens (including phenoxy) is 1. The molecule has 0 saturated carbocycles. The quantitative estimate of drug-likeness (QED) is 0.148. The Balaban J connectivity index is 3.42. The van der Waals surface area contributed by atoms with Crippen molar-refractivity contribution < 1.29 is 24.2 Å². The maximum atomic E-state index is 9.16. The van der Waals surface area contributed by atoms with Gasteiger partial charge in [-0.15, -0.1) is 0 Å². The van der Waals surface area contributed by atoms with E-state index in [2.05, 4.69) is 55.2 Å². The fourth-order valence-electron chi connectivity index (χ4n) is 2.48. The lowest BCUT2D eigenvalue weighted by molar-refractivity contribution is -0.0172. The van der Waals surface area contributed by atoms with Crippen LogP contribution in [0.2, 0.25) is 0 Å². The van der Waals surface area contributed by atoms with Crippen molar-refractivity contribution in [3.63, 3.8) is 0 Å². The van der Waals surface area contributed by atoms with Crippen molar-refractivity contribution >= 4 is 18.5 Å². The normalized spacial score (nSPS) is 14.0. The first-order chi connectivity index (χ1) is 13.5. The fourth-order valence-corrected chi connectivity index (χ4v) is 3.02. The van der Waals surface area contributed by atoms with Crippen molar-refractivity contribution in [2.24, 2.45) is 0 Å². The third kappa shape index (κ3) is 22.0. The molecule has 0 spiro atoms. The van der Waals surface area contributed by atoms with Crippen molar-refractivity contribution in [1.29, 1.82) is 0 Å². The van der Waals surface area contributed by atoms with Crippen molar-refractivity contribution in [3.05, 3.63) is 36.5 Å². The molecule has 0 aromatic carbocycles. The SMILES string of the molecule is CC/C=C\C/C=C\C/C=C\CCCCCCCCOC(CO)COP(O)(O)=S. The lowest BCUT2D eigenvalue weighted by Crippen LogP contribution is -2.24.